The van der Waals surface area contributed by atoms with E-state index in [0.717, 1.165) is 24.3 Å². The van der Waals surface area contributed by atoms with E-state index in [4.69, 9.17) is 0 Å². The predicted molar refractivity (Wildman–Crippen MR) is 123 cm³/mol. The normalized spacial score (nSPS) is 12.0. The Hall–Kier alpha value is -1.81. The van der Waals surface area contributed by atoms with Gasteiger partial charge in [0.25, 0.3) is 0 Å². The zero-order valence-corrected chi connectivity index (χ0v) is 20.3. The van der Waals surface area contributed by atoms with Gasteiger partial charge in [0.2, 0.25) is 15.9 Å². The number of thiazole rings is 1. The average Bonchev–Trinajstić information content (AvgIpc) is 3.04. The summed E-state index contributed by atoms with van der Waals surface area (Å²) >= 11 is 1.32. The van der Waals surface area contributed by atoms with Crippen molar-refractivity contribution in [3.63, 3.8) is 0 Å². The van der Waals surface area contributed by atoms with Crippen molar-refractivity contribution < 1.29 is 13.2 Å². The number of anilines is 1. The largest absolute Gasteiger partial charge is 0.303 e. The molecule has 1 N–H and O–H groups in total. The summed E-state index contributed by atoms with van der Waals surface area (Å²) in [6.07, 6.45) is 0. The number of hydrogen-bond acceptors (Lipinski definition) is 6. The quantitative estimate of drug-likeness (QED) is 0.598. The highest BCUT2D eigenvalue weighted by atomic mass is 32.2. The van der Waals surface area contributed by atoms with Crippen molar-refractivity contribution in [3.05, 3.63) is 39.9 Å². The van der Waals surface area contributed by atoms with E-state index < -0.39 is 15.9 Å². The van der Waals surface area contributed by atoms with Crippen molar-refractivity contribution in [2.75, 3.05) is 38.0 Å². The van der Waals surface area contributed by atoms with Crippen molar-refractivity contribution in [1.82, 2.24) is 14.2 Å². The molecule has 0 spiro atoms. The highest BCUT2D eigenvalue weighted by Gasteiger charge is 2.30. The van der Waals surface area contributed by atoms with Crippen molar-refractivity contribution in [2.24, 2.45) is 0 Å². The molecule has 0 saturated heterocycles. The summed E-state index contributed by atoms with van der Waals surface area (Å²) < 4.78 is 28.4. The molecule has 0 aliphatic rings. The fourth-order valence-electron chi connectivity index (χ4n) is 3.51. The van der Waals surface area contributed by atoms with Gasteiger partial charge in [-0.2, -0.15) is 4.31 Å². The van der Waals surface area contributed by atoms with E-state index in [9.17, 15) is 13.2 Å². The van der Waals surface area contributed by atoms with E-state index >= 15 is 0 Å². The third kappa shape index (κ3) is 6.10. The van der Waals surface area contributed by atoms with Crippen LogP contribution in [0.25, 0.3) is 0 Å². The fourth-order valence-corrected chi connectivity index (χ4v) is 6.01. The van der Waals surface area contributed by atoms with E-state index in [2.05, 4.69) is 15.2 Å². The first-order valence-electron chi connectivity index (χ1n) is 10.1. The van der Waals surface area contributed by atoms with Gasteiger partial charge in [0.1, 0.15) is 0 Å². The molecule has 0 unspecified atom stereocenters. The van der Waals surface area contributed by atoms with Crippen LogP contribution in [0.4, 0.5) is 5.13 Å². The Morgan fingerprint density at radius 1 is 1.07 bits per heavy atom. The molecule has 30 heavy (non-hydrogen) atoms. The average molecular weight is 453 g/mol. The number of aryl methyl sites for hydroxylation is 4. The Bertz CT molecular complexity index is 959. The number of hydrogen-bond donors (Lipinski definition) is 1. The van der Waals surface area contributed by atoms with Crippen LogP contribution in [0.3, 0.4) is 0 Å². The summed E-state index contributed by atoms with van der Waals surface area (Å²) in [5, 5.41) is 5.03. The summed E-state index contributed by atoms with van der Waals surface area (Å²) in [4.78, 5) is 19.3. The molecule has 7 nitrogen and oxygen atoms in total. The molecule has 1 heterocycles. The van der Waals surface area contributed by atoms with Crippen LogP contribution >= 0.6 is 11.3 Å². The standard InChI is InChI=1S/C21H32N4O3S2/c1-7-24(8-2)9-10-25(13-19(26)23-21-22-18(6)14-29-21)30(27,28)20-16(4)11-15(3)12-17(20)5/h11-12,14H,7-10,13H2,1-6H3,(H,22,23,26). The summed E-state index contributed by atoms with van der Waals surface area (Å²) in [5.41, 5.74) is 3.20. The zero-order valence-electron chi connectivity index (χ0n) is 18.7. The third-order valence-corrected chi connectivity index (χ3v) is 7.97. The van der Waals surface area contributed by atoms with Crippen LogP contribution in [0, 0.1) is 27.7 Å². The molecule has 2 rings (SSSR count). The maximum Gasteiger partial charge on any atom is 0.244 e. The second-order valence-electron chi connectivity index (χ2n) is 7.44. The molecule has 0 fully saturated rings. The van der Waals surface area contributed by atoms with Crippen LogP contribution in [0.5, 0.6) is 0 Å². The van der Waals surface area contributed by atoms with Crippen LogP contribution in [0.15, 0.2) is 22.4 Å². The molecule has 2 aromatic rings. The molecule has 1 aromatic carbocycles. The van der Waals surface area contributed by atoms with Gasteiger partial charge in [0.05, 0.1) is 17.1 Å². The Balaban J connectivity index is 2.33. The molecule has 1 aromatic heterocycles. The minimum atomic E-state index is -3.84. The van der Waals surface area contributed by atoms with E-state index in [1.165, 1.54) is 15.6 Å². The smallest absolute Gasteiger partial charge is 0.244 e. The first kappa shape index (κ1) is 24.5. The molecule has 0 radical (unpaired) electrons. The molecule has 9 heteroatoms. The first-order chi connectivity index (χ1) is 14.1. The van der Waals surface area contributed by atoms with Crippen LogP contribution in [0.1, 0.15) is 36.2 Å². The summed E-state index contributed by atoms with van der Waals surface area (Å²) in [7, 11) is -3.84. The molecule has 0 atom stereocenters. The Labute approximate surface area is 184 Å². The van der Waals surface area contributed by atoms with Crippen LogP contribution in [-0.4, -0.2) is 61.2 Å². The molecule has 0 aliphatic carbocycles. The van der Waals surface area contributed by atoms with E-state index in [1.807, 2.05) is 45.2 Å². The van der Waals surface area contributed by atoms with Gasteiger partial charge < -0.3 is 10.2 Å². The SMILES string of the molecule is CCN(CC)CCN(CC(=O)Nc1nc(C)cs1)S(=O)(=O)c1c(C)cc(C)cc1C. The van der Waals surface area contributed by atoms with Crippen LogP contribution < -0.4 is 5.32 Å². The number of carbonyl (C=O) groups excluding carboxylic acids is 1. The zero-order chi connectivity index (χ0) is 22.5. The lowest BCUT2D eigenvalue weighted by atomic mass is 10.1. The maximum absolute atomic E-state index is 13.6. The molecule has 1 amide bonds. The number of nitrogens with one attached hydrogen (secondary N) is 1. The lowest BCUT2D eigenvalue weighted by Crippen LogP contribution is -2.43. The monoisotopic (exact) mass is 452 g/mol. The van der Waals surface area contributed by atoms with Gasteiger partial charge in [-0.05, 0) is 51.9 Å². The number of carbonyl (C=O) groups is 1. The van der Waals surface area contributed by atoms with Gasteiger partial charge in [-0.25, -0.2) is 13.4 Å². The summed E-state index contributed by atoms with van der Waals surface area (Å²) in [5.74, 6) is -0.394. The second kappa shape index (κ2) is 10.5. The highest BCUT2D eigenvalue weighted by Crippen LogP contribution is 2.25. The van der Waals surface area contributed by atoms with Crippen molar-refractivity contribution in [2.45, 2.75) is 46.4 Å². The number of rotatable bonds is 10. The minimum Gasteiger partial charge on any atom is -0.303 e. The first-order valence-corrected chi connectivity index (χ1v) is 12.4. The maximum atomic E-state index is 13.6. The van der Waals surface area contributed by atoms with Gasteiger partial charge in [-0.1, -0.05) is 31.5 Å². The number of amides is 1. The van der Waals surface area contributed by atoms with E-state index in [0.29, 0.717) is 22.8 Å². The van der Waals surface area contributed by atoms with Crippen molar-refractivity contribution >= 4 is 32.4 Å². The summed E-state index contributed by atoms with van der Waals surface area (Å²) in [6.45, 7) is 13.6. The molecule has 0 bridgehead atoms. The van der Waals surface area contributed by atoms with Crippen molar-refractivity contribution in [1.29, 1.82) is 0 Å². The second-order valence-corrected chi connectivity index (χ2v) is 10.2. The molecular formula is C21H32N4O3S2. The molecule has 0 aliphatic heterocycles. The minimum absolute atomic E-state index is 0.237. The van der Waals surface area contributed by atoms with Gasteiger partial charge in [0, 0.05) is 18.5 Å². The molecular weight excluding hydrogens is 420 g/mol. The third-order valence-electron chi connectivity index (χ3n) is 4.95. The van der Waals surface area contributed by atoms with Crippen LogP contribution in [-0.2, 0) is 14.8 Å². The number of aromatic nitrogens is 1. The molecule has 166 valence electrons. The van der Waals surface area contributed by atoms with Gasteiger partial charge >= 0.3 is 0 Å². The number of benzene rings is 1. The Morgan fingerprint density at radius 2 is 1.67 bits per heavy atom. The number of sulfonamides is 1. The van der Waals surface area contributed by atoms with Gasteiger partial charge in [0.15, 0.2) is 5.13 Å². The number of likely N-dealkylation sites (N-methyl/N-ethyl adjacent to an activating group) is 1. The Kier molecular flexibility index (Phi) is 8.54. The number of nitrogens with zero attached hydrogens (tertiary/aromatic N) is 3. The lowest BCUT2D eigenvalue weighted by Gasteiger charge is -2.27. The Morgan fingerprint density at radius 3 is 2.17 bits per heavy atom. The van der Waals surface area contributed by atoms with Crippen molar-refractivity contribution in [3.8, 4) is 0 Å². The predicted octanol–water partition coefficient (Wildman–Crippen LogP) is 3.35. The van der Waals surface area contributed by atoms with Gasteiger partial charge in [-0.3, -0.25) is 4.79 Å². The fraction of sp³-hybridized carbons (Fsp3) is 0.524. The van der Waals surface area contributed by atoms with Gasteiger partial charge in [-0.15, -0.1) is 11.3 Å². The molecule has 0 saturated carbocycles. The van der Waals surface area contributed by atoms with Crippen LogP contribution in [0.2, 0.25) is 0 Å². The van der Waals surface area contributed by atoms with E-state index in [1.54, 1.807) is 13.8 Å². The lowest BCUT2D eigenvalue weighted by molar-refractivity contribution is -0.116. The summed E-state index contributed by atoms with van der Waals surface area (Å²) in [6, 6.07) is 3.72. The topological polar surface area (TPSA) is 82.6 Å². The van der Waals surface area contributed by atoms with E-state index in [-0.39, 0.29) is 18.0 Å². The highest BCUT2D eigenvalue weighted by molar-refractivity contribution is 7.89.